The van der Waals surface area contributed by atoms with Crippen LogP contribution in [0.2, 0.25) is 0 Å². The van der Waals surface area contributed by atoms with E-state index in [4.69, 9.17) is 9.05 Å². The van der Waals surface area contributed by atoms with Gasteiger partial charge in [0.1, 0.15) is 5.76 Å². The normalized spacial score (nSPS) is 11.0. The fraction of sp³-hybridized carbons (Fsp3) is 0.545. The van der Waals surface area contributed by atoms with E-state index in [1.807, 2.05) is 20.8 Å². The molecule has 6 heteroatoms. The van der Waals surface area contributed by atoms with Gasteiger partial charge in [0, 0.05) is 25.1 Å². The molecule has 0 bridgehead atoms. The predicted octanol–water partition coefficient (Wildman–Crippen LogP) is 1.32. The standard InChI is InChI=1S/C11H16N4O2/c1-7-10(8(2)16-14-7)6-12-5-4-11-13-9(3)15-17-11/h12H,4-6H2,1-3H3. The lowest BCUT2D eigenvalue weighted by molar-refractivity contribution is 0.372. The molecule has 2 aromatic rings. The average molecular weight is 236 g/mol. The van der Waals surface area contributed by atoms with Crippen LogP contribution < -0.4 is 5.32 Å². The fourth-order valence-corrected chi connectivity index (χ4v) is 1.60. The zero-order valence-electron chi connectivity index (χ0n) is 10.3. The van der Waals surface area contributed by atoms with Gasteiger partial charge in [0.15, 0.2) is 5.82 Å². The molecule has 0 aromatic carbocycles. The van der Waals surface area contributed by atoms with E-state index in [9.17, 15) is 0 Å². The van der Waals surface area contributed by atoms with Crippen LogP contribution in [-0.2, 0) is 13.0 Å². The van der Waals surface area contributed by atoms with E-state index in [2.05, 4.69) is 20.6 Å². The quantitative estimate of drug-likeness (QED) is 0.789. The van der Waals surface area contributed by atoms with Gasteiger partial charge in [0.2, 0.25) is 5.89 Å². The van der Waals surface area contributed by atoms with Crippen LogP contribution >= 0.6 is 0 Å². The molecule has 0 saturated carbocycles. The predicted molar refractivity (Wildman–Crippen MR) is 60.4 cm³/mol. The van der Waals surface area contributed by atoms with Crippen molar-refractivity contribution < 1.29 is 9.05 Å². The topological polar surface area (TPSA) is 77.0 Å². The second-order valence-corrected chi connectivity index (χ2v) is 3.96. The Bertz CT molecular complexity index is 470. The lowest BCUT2D eigenvalue weighted by Gasteiger charge is -2.01. The Morgan fingerprint density at radius 2 is 1.94 bits per heavy atom. The van der Waals surface area contributed by atoms with Gasteiger partial charge < -0.3 is 14.4 Å². The van der Waals surface area contributed by atoms with Gasteiger partial charge in [-0.3, -0.25) is 0 Å². The van der Waals surface area contributed by atoms with Gasteiger partial charge in [0.25, 0.3) is 0 Å². The first-order valence-electron chi connectivity index (χ1n) is 5.58. The number of aryl methyl sites for hydroxylation is 3. The highest BCUT2D eigenvalue weighted by atomic mass is 16.5. The first kappa shape index (κ1) is 11.8. The Morgan fingerprint density at radius 3 is 2.53 bits per heavy atom. The Labute approximate surface area is 99.4 Å². The summed E-state index contributed by atoms with van der Waals surface area (Å²) >= 11 is 0. The summed E-state index contributed by atoms with van der Waals surface area (Å²) in [6.45, 7) is 7.19. The van der Waals surface area contributed by atoms with Gasteiger partial charge in [-0.05, 0) is 20.8 Å². The van der Waals surface area contributed by atoms with Crippen molar-refractivity contribution in [1.29, 1.82) is 0 Å². The molecule has 0 aliphatic carbocycles. The maximum Gasteiger partial charge on any atom is 0.227 e. The third-order valence-corrected chi connectivity index (χ3v) is 2.57. The molecular weight excluding hydrogens is 220 g/mol. The fourth-order valence-electron chi connectivity index (χ4n) is 1.60. The van der Waals surface area contributed by atoms with Crippen LogP contribution in [0.1, 0.15) is 28.7 Å². The number of nitrogens with zero attached hydrogens (tertiary/aromatic N) is 3. The minimum atomic E-state index is 0.661. The molecule has 0 aliphatic heterocycles. The third kappa shape index (κ3) is 2.91. The summed E-state index contributed by atoms with van der Waals surface area (Å²) in [4.78, 5) is 4.13. The molecule has 92 valence electrons. The minimum Gasteiger partial charge on any atom is -0.361 e. The monoisotopic (exact) mass is 236 g/mol. The number of rotatable bonds is 5. The van der Waals surface area contributed by atoms with Crippen LogP contribution in [0.15, 0.2) is 9.05 Å². The first-order chi connectivity index (χ1) is 8.16. The first-order valence-corrected chi connectivity index (χ1v) is 5.58. The van der Waals surface area contributed by atoms with Crippen molar-refractivity contribution in [3.05, 3.63) is 28.7 Å². The molecule has 0 atom stereocenters. The van der Waals surface area contributed by atoms with Gasteiger partial charge in [-0.25, -0.2) is 0 Å². The van der Waals surface area contributed by atoms with Gasteiger partial charge in [-0.15, -0.1) is 0 Å². The molecule has 0 fully saturated rings. The summed E-state index contributed by atoms with van der Waals surface area (Å²) in [7, 11) is 0. The van der Waals surface area contributed by atoms with E-state index in [1.54, 1.807) is 0 Å². The van der Waals surface area contributed by atoms with E-state index < -0.39 is 0 Å². The molecule has 17 heavy (non-hydrogen) atoms. The molecule has 0 amide bonds. The van der Waals surface area contributed by atoms with Crippen LogP contribution in [0, 0.1) is 20.8 Å². The molecule has 2 rings (SSSR count). The van der Waals surface area contributed by atoms with Crippen molar-refractivity contribution in [3.63, 3.8) is 0 Å². The van der Waals surface area contributed by atoms with E-state index in [0.29, 0.717) is 11.7 Å². The maximum absolute atomic E-state index is 5.08. The molecule has 6 nitrogen and oxygen atoms in total. The largest absolute Gasteiger partial charge is 0.361 e. The molecule has 0 radical (unpaired) electrons. The highest BCUT2D eigenvalue weighted by Gasteiger charge is 2.08. The number of hydrogen-bond acceptors (Lipinski definition) is 6. The molecule has 0 aliphatic rings. The highest BCUT2D eigenvalue weighted by Crippen LogP contribution is 2.11. The molecule has 1 N–H and O–H groups in total. The zero-order chi connectivity index (χ0) is 12.3. The summed E-state index contributed by atoms with van der Waals surface area (Å²) in [6.07, 6.45) is 0.726. The molecule has 2 aromatic heterocycles. The van der Waals surface area contributed by atoms with Crippen LogP contribution in [0.25, 0.3) is 0 Å². The van der Waals surface area contributed by atoms with Gasteiger partial charge >= 0.3 is 0 Å². The summed E-state index contributed by atoms with van der Waals surface area (Å²) in [5.74, 6) is 2.20. The van der Waals surface area contributed by atoms with Crippen LogP contribution in [-0.4, -0.2) is 21.8 Å². The molecular formula is C11H16N4O2. The Hall–Kier alpha value is -1.69. The van der Waals surface area contributed by atoms with Crippen molar-refractivity contribution in [2.75, 3.05) is 6.54 Å². The lowest BCUT2D eigenvalue weighted by atomic mass is 10.2. The summed E-state index contributed by atoms with van der Waals surface area (Å²) in [5.41, 5.74) is 2.05. The average Bonchev–Trinajstić information content (AvgIpc) is 2.83. The minimum absolute atomic E-state index is 0.661. The van der Waals surface area contributed by atoms with Crippen LogP contribution in [0.3, 0.4) is 0 Å². The number of nitrogens with one attached hydrogen (secondary N) is 1. The highest BCUT2D eigenvalue weighted by molar-refractivity contribution is 5.20. The van der Waals surface area contributed by atoms with Gasteiger partial charge in [-0.1, -0.05) is 10.3 Å². The maximum atomic E-state index is 5.08. The van der Waals surface area contributed by atoms with E-state index in [1.165, 1.54) is 0 Å². The van der Waals surface area contributed by atoms with Crippen molar-refractivity contribution >= 4 is 0 Å². The third-order valence-electron chi connectivity index (χ3n) is 2.57. The molecule has 0 saturated heterocycles. The van der Waals surface area contributed by atoms with Crippen molar-refractivity contribution in [2.24, 2.45) is 0 Å². The summed E-state index contributed by atoms with van der Waals surface area (Å²) in [5, 5.41) is 10.9. The van der Waals surface area contributed by atoms with Gasteiger partial charge in [0.05, 0.1) is 5.69 Å². The van der Waals surface area contributed by atoms with Gasteiger partial charge in [-0.2, -0.15) is 4.98 Å². The van der Waals surface area contributed by atoms with E-state index in [-0.39, 0.29) is 0 Å². The van der Waals surface area contributed by atoms with E-state index in [0.717, 1.165) is 36.5 Å². The molecule has 0 spiro atoms. The Kier molecular flexibility index (Phi) is 3.53. The molecule has 2 heterocycles. The Morgan fingerprint density at radius 1 is 1.12 bits per heavy atom. The van der Waals surface area contributed by atoms with Crippen molar-refractivity contribution in [2.45, 2.75) is 33.7 Å². The summed E-state index contributed by atoms with van der Waals surface area (Å²) < 4.78 is 10.1. The molecule has 0 unspecified atom stereocenters. The number of aromatic nitrogens is 3. The van der Waals surface area contributed by atoms with Crippen molar-refractivity contribution in [3.8, 4) is 0 Å². The zero-order valence-corrected chi connectivity index (χ0v) is 10.3. The lowest BCUT2D eigenvalue weighted by Crippen LogP contribution is -2.17. The summed E-state index contributed by atoms with van der Waals surface area (Å²) in [6, 6.07) is 0. The SMILES string of the molecule is Cc1noc(CCNCc2c(C)noc2C)n1. The second kappa shape index (κ2) is 5.09. The second-order valence-electron chi connectivity index (χ2n) is 3.96. The van der Waals surface area contributed by atoms with Crippen molar-refractivity contribution in [1.82, 2.24) is 20.6 Å². The smallest absolute Gasteiger partial charge is 0.227 e. The van der Waals surface area contributed by atoms with E-state index >= 15 is 0 Å². The Balaban J connectivity index is 1.77. The van der Waals surface area contributed by atoms with Crippen LogP contribution in [0.5, 0.6) is 0 Å². The van der Waals surface area contributed by atoms with Crippen LogP contribution in [0.4, 0.5) is 0 Å². The number of hydrogen-bond donors (Lipinski definition) is 1.